The highest BCUT2D eigenvalue weighted by molar-refractivity contribution is 5.95. The molecule has 0 aliphatic carbocycles. The summed E-state index contributed by atoms with van der Waals surface area (Å²) < 4.78 is 15.1. The lowest BCUT2D eigenvalue weighted by molar-refractivity contribution is -0.151. The Kier molecular flexibility index (Phi) is 8.24. The van der Waals surface area contributed by atoms with E-state index in [1.807, 2.05) is 11.4 Å². The second-order valence-electron chi connectivity index (χ2n) is 5.81. The Morgan fingerprint density at radius 3 is 2.45 bits per heavy atom. The third-order valence-corrected chi connectivity index (χ3v) is 3.45. The Labute approximate surface area is 166 Å². The molecule has 1 aromatic heterocycles. The maximum absolute atomic E-state index is 11.9. The normalized spacial score (nSPS) is 11.1. The van der Waals surface area contributed by atoms with Crippen molar-refractivity contribution < 1.29 is 33.1 Å². The Morgan fingerprint density at radius 2 is 1.76 bits per heavy atom. The van der Waals surface area contributed by atoms with Crippen LogP contribution in [0.1, 0.15) is 12.7 Å². The second-order valence-corrected chi connectivity index (χ2v) is 5.81. The summed E-state index contributed by atoms with van der Waals surface area (Å²) in [6, 6.07) is 10.3. The Bertz CT molecular complexity index is 822. The van der Waals surface area contributed by atoms with Crippen molar-refractivity contribution in [2.75, 3.05) is 13.2 Å². The van der Waals surface area contributed by atoms with Crippen LogP contribution in [0, 0.1) is 0 Å². The van der Waals surface area contributed by atoms with Crippen LogP contribution in [-0.4, -0.2) is 43.1 Å². The highest BCUT2D eigenvalue weighted by atomic mass is 16.5. The summed E-state index contributed by atoms with van der Waals surface area (Å²) in [5.41, 5.74) is 0. The molecule has 10 nitrogen and oxygen atoms in total. The quantitative estimate of drug-likeness (QED) is 0.525. The number of esters is 1. The van der Waals surface area contributed by atoms with Crippen molar-refractivity contribution in [2.24, 2.45) is 0 Å². The van der Waals surface area contributed by atoms with E-state index >= 15 is 0 Å². The molecule has 0 saturated heterocycles. The molecule has 1 aromatic carbocycles. The van der Waals surface area contributed by atoms with Gasteiger partial charge in [-0.05, 0) is 31.2 Å². The smallest absolute Gasteiger partial charge is 0.328 e. The average molecular weight is 403 g/mol. The first-order valence-electron chi connectivity index (χ1n) is 8.68. The highest BCUT2D eigenvalue weighted by Crippen LogP contribution is 2.07. The topological polar surface area (TPSA) is 136 Å². The number of imide groups is 1. The molecule has 0 fully saturated rings. The van der Waals surface area contributed by atoms with E-state index in [9.17, 15) is 19.2 Å². The van der Waals surface area contributed by atoms with Crippen molar-refractivity contribution in [3.63, 3.8) is 0 Å². The fourth-order valence-corrected chi connectivity index (χ4v) is 2.06. The molecule has 2 aromatic rings. The van der Waals surface area contributed by atoms with E-state index in [1.54, 1.807) is 36.4 Å². The first-order chi connectivity index (χ1) is 13.9. The highest BCUT2D eigenvalue weighted by Gasteiger charge is 2.19. The minimum Gasteiger partial charge on any atom is -0.484 e. The van der Waals surface area contributed by atoms with Crippen LogP contribution >= 0.6 is 0 Å². The number of amides is 4. The zero-order chi connectivity index (χ0) is 21.1. The van der Waals surface area contributed by atoms with Gasteiger partial charge < -0.3 is 24.5 Å². The van der Waals surface area contributed by atoms with Crippen LogP contribution in [0.4, 0.5) is 4.79 Å². The predicted molar refractivity (Wildman–Crippen MR) is 99.6 cm³/mol. The summed E-state index contributed by atoms with van der Waals surface area (Å²) in [6.45, 7) is 0.544. The van der Waals surface area contributed by atoms with Crippen LogP contribution in [0.3, 0.4) is 0 Å². The molecule has 4 amide bonds. The lowest BCUT2D eigenvalue weighted by atomic mass is 10.3. The van der Waals surface area contributed by atoms with Crippen molar-refractivity contribution in [3.8, 4) is 5.75 Å². The summed E-state index contributed by atoms with van der Waals surface area (Å²) in [5, 5.41) is 6.80. The monoisotopic (exact) mass is 403 g/mol. The molecule has 1 heterocycles. The van der Waals surface area contributed by atoms with Crippen LogP contribution in [0.25, 0.3) is 0 Å². The maximum Gasteiger partial charge on any atom is 0.328 e. The minimum absolute atomic E-state index is 0.0972. The lowest BCUT2D eigenvalue weighted by Crippen LogP contribution is -2.44. The zero-order valence-electron chi connectivity index (χ0n) is 15.7. The van der Waals surface area contributed by atoms with Gasteiger partial charge in [-0.25, -0.2) is 9.59 Å². The number of benzene rings is 1. The van der Waals surface area contributed by atoms with Crippen molar-refractivity contribution in [1.82, 2.24) is 16.0 Å². The first kappa shape index (κ1) is 21.5. The molecule has 0 unspecified atom stereocenters. The number of furan rings is 1. The van der Waals surface area contributed by atoms with Gasteiger partial charge in [-0.2, -0.15) is 0 Å². The summed E-state index contributed by atoms with van der Waals surface area (Å²) >= 11 is 0. The second kappa shape index (κ2) is 11.1. The largest absolute Gasteiger partial charge is 0.484 e. The third-order valence-electron chi connectivity index (χ3n) is 3.45. The van der Waals surface area contributed by atoms with Crippen molar-refractivity contribution >= 4 is 23.8 Å². The Hall–Kier alpha value is -3.82. The maximum atomic E-state index is 11.9. The van der Waals surface area contributed by atoms with Crippen molar-refractivity contribution in [2.45, 2.75) is 19.5 Å². The number of nitrogens with one attached hydrogen (secondary N) is 3. The van der Waals surface area contributed by atoms with Gasteiger partial charge in [0.1, 0.15) is 17.6 Å². The molecule has 0 radical (unpaired) electrons. The fourth-order valence-electron chi connectivity index (χ4n) is 2.06. The molecule has 29 heavy (non-hydrogen) atoms. The number of para-hydroxylation sites is 1. The molecular formula is C19H21N3O7. The van der Waals surface area contributed by atoms with Gasteiger partial charge in [-0.3, -0.25) is 14.9 Å². The molecule has 3 N–H and O–H groups in total. The van der Waals surface area contributed by atoms with Crippen LogP contribution < -0.4 is 20.7 Å². The molecule has 0 saturated carbocycles. The molecule has 154 valence electrons. The van der Waals surface area contributed by atoms with E-state index < -0.39 is 36.5 Å². The Morgan fingerprint density at radius 1 is 1.00 bits per heavy atom. The number of rotatable bonds is 9. The molecule has 0 aliphatic heterocycles. The number of urea groups is 1. The van der Waals surface area contributed by atoms with Gasteiger partial charge in [0.2, 0.25) is 0 Å². The van der Waals surface area contributed by atoms with E-state index in [-0.39, 0.29) is 13.2 Å². The minimum atomic E-state index is -0.998. The van der Waals surface area contributed by atoms with Gasteiger partial charge in [-0.1, -0.05) is 18.2 Å². The van der Waals surface area contributed by atoms with Gasteiger partial charge in [-0.15, -0.1) is 0 Å². The molecule has 0 bridgehead atoms. The van der Waals surface area contributed by atoms with Crippen LogP contribution in [0.15, 0.2) is 53.1 Å². The van der Waals surface area contributed by atoms with Crippen molar-refractivity contribution in [1.29, 1.82) is 0 Å². The van der Waals surface area contributed by atoms with Crippen LogP contribution in [-0.2, 0) is 25.7 Å². The van der Waals surface area contributed by atoms with E-state index in [2.05, 4.69) is 10.6 Å². The zero-order valence-corrected chi connectivity index (χ0v) is 15.7. The summed E-state index contributed by atoms with van der Waals surface area (Å²) in [5.74, 6) is -1.15. The lowest BCUT2D eigenvalue weighted by Gasteiger charge is -2.13. The Balaban J connectivity index is 1.62. The molecule has 1 atom stereocenters. The van der Waals surface area contributed by atoms with E-state index in [0.717, 1.165) is 0 Å². The molecule has 2 rings (SSSR count). The number of ether oxygens (including phenoxy) is 2. The first-order valence-corrected chi connectivity index (χ1v) is 8.68. The van der Waals surface area contributed by atoms with Crippen LogP contribution in [0.5, 0.6) is 5.75 Å². The van der Waals surface area contributed by atoms with Gasteiger partial charge in [0.05, 0.1) is 12.8 Å². The summed E-state index contributed by atoms with van der Waals surface area (Å²) in [4.78, 5) is 46.9. The molecular weight excluding hydrogens is 382 g/mol. The van der Waals surface area contributed by atoms with Gasteiger partial charge in [0.15, 0.2) is 13.2 Å². The number of carbonyl (C=O) groups is 4. The van der Waals surface area contributed by atoms with Crippen LogP contribution in [0.2, 0.25) is 0 Å². The number of hydrogen-bond acceptors (Lipinski definition) is 7. The third kappa shape index (κ3) is 8.16. The average Bonchev–Trinajstić information content (AvgIpc) is 3.23. The van der Waals surface area contributed by atoms with E-state index in [1.165, 1.54) is 13.2 Å². The molecule has 0 spiro atoms. The predicted octanol–water partition coefficient (Wildman–Crippen LogP) is 0.732. The SMILES string of the molecule is C[C@H](NC(=O)COc1ccccc1)C(=O)OCC(=O)NC(=O)NCc1ccco1. The molecule has 0 aliphatic rings. The number of hydrogen-bond donors (Lipinski definition) is 3. The van der Waals surface area contributed by atoms with Gasteiger partial charge in [0, 0.05) is 0 Å². The van der Waals surface area contributed by atoms with E-state index in [0.29, 0.717) is 11.5 Å². The van der Waals surface area contributed by atoms with Crippen molar-refractivity contribution in [3.05, 3.63) is 54.5 Å². The number of carbonyl (C=O) groups excluding carboxylic acids is 4. The molecule has 10 heteroatoms. The van der Waals surface area contributed by atoms with Gasteiger partial charge >= 0.3 is 12.0 Å². The summed E-state index contributed by atoms with van der Waals surface area (Å²) in [6.07, 6.45) is 1.45. The van der Waals surface area contributed by atoms with Gasteiger partial charge in [0.25, 0.3) is 11.8 Å². The standard InChI is InChI=1S/C19H21N3O7/c1-13(21-16(23)11-28-14-6-3-2-4-7-14)18(25)29-12-17(24)22-19(26)20-10-15-8-5-9-27-15/h2-9,13H,10-12H2,1H3,(H,21,23)(H2,20,22,24,26)/t13-/m0/s1. The van der Waals surface area contributed by atoms with E-state index in [4.69, 9.17) is 13.9 Å². The fraction of sp³-hybridized carbons (Fsp3) is 0.263. The summed E-state index contributed by atoms with van der Waals surface area (Å²) in [7, 11) is 0.